The maximum Gasteiger partial charge on any atom is 0.227 e. The number of fused-ring (bicyclic) bond motifs is 1. The van der Waals surface area contributed by atoms with Crippen LogP contribution in [0.3, 0.4) is 0 Å². The number of nitrogens with one attached hydrogen (secondary N) is 2. The molecule has 2 aromatic carbocycles. The summed E-state index contributed by atoms with van der Waals surface area (Å²) >= 11 is 0. The van der Waals surface area contributed by atoms with Gasteiger partial charge in [0.25, 0.3) is 0 Å². The third-order valence-corrected chi connectivity index (χ3v) is 6.55. The van der Waals surface area contributed by atoms with Crippen LogP contribution in [-0.4, -0.2) is 39.5 Å². The average Bonchev–Trinajstić information content (AvgIpc) is 3.29. The van der Waals surface area contributed by atoms with Gasteiger partial charge in [0.2, 0.25) is 11.8 Å². The van der Waals surface area contributed by atoms with Gasteiger partial charge in [0.15, 0.2) is 5.65 Å². The molecule has 8 heteroatoms. The van der Waals surface area contributed by atoms with Gasteiger partial charge in [-0.1, -0.05) is 29.8 Å². The van der Waals surface area contributed by atoms with Crippen molar-refractivity contribution in [3.8, 4) is 11.3 Å². The Morgan fingerprint density at radius 1 is 0.889 bits per heavy atom. The SMILES string of the molecule is CC(=O)Nc1ccc(NC(=O)C2CCN(c3cc(C)nc4cc(-c5ccc(C)cc5)nn34)CC2)cc1. The van der Waals surface area contributed by atoms with E-state index in [1.165, 1.54) is 12.5 Å². The predicted molar refractivity (Wildman–Crippen MR) is 142 cm³/mol. The van der Waals surface area contributed by atoms with Crippen LogP contribution in [0, 0.1) is 19.8 Å². The normalized spacial score (nSPS) is 14.1. The highest BCUT2D eigenvalue weighted by Gasteiger charge is 2.27. The molecule has 184 valence electrons. The lowest BCUT2D eigenvalue weighted by atomic mass is 9.95. The number of rotatable bonds is 5. The van der Waals surface area contributed by atoms with E-state index in [9.17, 15) is 9.59 Å². The zero-order valence-corrected chi connectivity index (χ0v) is 20.8. The molecule has 4 aromatic rings. The molecule has 0 unspecified atom stereocenters. The van der Waals surface area contributed by atoms with Gasteiger partial charge in [-0.05, 0) is 51.0 Å². The fraction of sp³-hybridized carbons (Fsp3) is 0.286. The lowest BCUT2D eigenvalue weighted by molar-refractivity contribution is -0.120. The number of carbonyl (C=O) groups excluding carboxylic acids is 2. The van der Waals surface area contributed by atoms with Crippen molar-refractivity contribution in [1.82, 2.24) is 14.6 Å². The Bertz CT molecular complexity index is 1400. The molecule has 2 aromatic heterocycles. The molecule has 0 bridgehead atoms. The van der Waals surface area contributed by atoms with E-state index in [1.807, 2.05) is 17.5 Å². The summed E-state index contributed by atoms with van der Waals surface area (Å²) in [5.41, 5.74) is 6.37. The first kappa shape index (κ1) is 23.5. The minimum atomic E-state index is -0.123. The van der Waals surface area contributed by atoms with Crippen LogP contribution in [0.4, 0.5) is 17.2 Å². The summed E-state index contributed by atoms with van der Waals surface area (Å²) in [5, 5.41) is 10.6. The van der Waals surface area contributed by atoms with Gasteiger partial charge >= 0.3 is 0 Å². The molecular formula is C28H30N6O2. The summed E-state index contributed by atoms with van der Waals surface area (Å²) in [6.45, 7) is 7.06. The molecule has 8 nitrogen and oxygen atoms in total. The molecule has 0 atom stereocenters. The summed E-state index contributed by atoms with van der Waals surface area (Å²) in [4.78, 5) is 31.1. The monoisotopic (exact) mass is 482 g/mol. The number of benzene rings is 2. The van der Waals surface area contributed by atoms with Crippen molar-refractivity contribution in [2.24, 2.45) is 5.92 Å². The first-order chi connectivity index (χ1) is 17.4. The molecule has 0 spiro atoms. The van der Waals surface area contributed by atoms with Crippen molar-refractivity contribution in [3.63, 3.8) is 0 Å². The molecule has 2 amide bonds. The Labute approximate surface area is 210 Å². The summed E-state index contributed by atoms with van der Waals surface area (Å²) in [5.74, 6) is 0.846. The maximum absolute atomic E-state index is 12.9. The van der Waals surface area contributed by atoms with Gasteiger partial charge in [0, 0.05) is 60.7 Å². The molecule has 2 N–H and O–H groups in total. The first-order valence-corrected chi connectivity index (χ1v) is 12.2. The molecule has 5 rings (SSSR count). The minimum absolute atomic E-state index is 0.0266. The van der Waals surface area contributed by atoms with Crippen LogP contribution in [0.1, 0.15) is 31.0 Å². The summed E-state index contributed by atoms with van der Waals surface area (Å²) in [6, 6.07) is 19.6. The van der Waals surface area contributed by atoms with Crippen LogP contribution in [0.25, 0.3) is 16.9 Å². The molecule has 0 aliphatic carbocycles. The standard InChI is InChI=1S/C28H30N6O2/c1-18-4-6-21(7-5-18)25-17-26-29-19(2)16-27(34(26)32-25)33-14-12-22(13-15-33)28(36)31-24-10-8-23(9-11-24)30-20(3)35/h4-11,16-17,22H,12-15H2,1-3H3,(H,30,35)(H,31,36). The van der Waals surface area contributed by atoms with Crippen LogP contribution >= 0.6 is 0 Å². The quantitative estimate of drug-likeness (QED) is 0.425. The molecule has 3 heterocycles. The second-order valence-corrected chi connectivity index (χ2v) is 9.43. The molecule has 0 saturated carbocycles. The number of carbonyl (C=O) groups is 2. The van der Waals surface area contributed by atoms with Crippen molar-refractivity contribution in [1.29, 1.82) is 0 Å². The Hall–Kier alpha value is -4.20. The maximum atomic E-state index is 12.9. The number of aromatic nitrogens is 3. The van der Waals surface area contributed by atoms with Gasteiger partial charge in [0.05, 0.1) is 5.69 Å². The second-order valence-electron chi connectivity index (χ2n) is 9.43. The van der Waals surface area contributed by atoms with Crippen molar-refractivity contribution in [2.75, 3.05) is 28.6 Å². The molecule has 1 fully saturated rings. The Morgan fingerprint density at radius 2 is 1.53 bits per heavy atom. The molecule has 1 aliphatic heterocycles. The first-order valence-electron chi connectivity index (χ1n) is 12.2. The number of hydrogen-bond donors (Lipinski definition) is 2. The van der Waals surface area contributed by atoms with Crippen LogP contribution in [0.5, 0.6) is 0 Å². The van der Waals surface area contributed by atoms with Gasteiger partial charge in [0.1, 0.15) is 5.82 Å². The Morgan fingerprint density at radius 3 is 2.17 bits per heavy atom. The summed E-state index contributed by atoms with van der Waals surface area (Å²) in [6.07, 6.45) is 1.51. The number of anilines is 3. The highest BCUT2D eigenvalue weighted by Crippen LogP contribution is 2.28. The van der Waals surface area contributed by atoms with Gasteiger partial charge in [-0.15, -0.1) is 0 Å². The number of hydrogen-bond acceptors (Lipinski definition) is 5. The lowest BCUT2D eigenvalue weighted by Gasteiger charge is -2.33. The van der Waals surface area contributed by atoms with E-state index in [4.69, 9.17) is 10.1 Å². The summed E-state index contributed by atoms with van der Waals surface area (Å²) in [7, 11) is 0. The molecular weight excluding hydrogens is 452 g/mol. The van der Waals surface area contributed by atoms with Crippen LogP contribution in [0.2, 0.25) is 0 Å². The smallest absolute Gasteiger partial charge is 0.227 e. The predicted octanol–water partition coefficient (Wildman–Crippen LogP) is 4.83. The minimum Gasteiger partial charge on any atom is -0.356 e. The van der Waals surface area contributed by atoms with Crippen molar-refractivity contribution >= 4 is 34.7 Å². The fourth-order valence-electron chi connectivity index (χ4n) is 4.63. The number of piperidine rings is 1. The Balaban J connectivity index is 1.27. The van der Waals surface area contributed by atoms with Crippen molar-refractivity contribution in [2.45, 2.75) is 33.6 Å². The van der Waals surface area contributed by atoms with E-state index in [1.54, 1.807) is 24.3 Å². The van der Waals surface area contributed by atoms with Crippen LogP contribution < -0.4 is 15.5 Å². The van der Waals surface area contributed by atoms with E-state index in [0.717, 1.165) is 60.0 Å². The Kier molecular flexibility index (Phi) is 6.41. The number of aryl methyl sites for hydroxylation is 2. The molecule has 36 heavy (non-hydrogen) atoms. The third-order valence-electron chi connectivity index (χ3n) is 6.55. The van der Waals surface area contributed by atoms with Gasteiger partial charge in [-0.3, -0.25) is 9.59 Å². The van der Waals surface area contributed by atoms with E-state index < -0.39 is 0 Å². The van der Waals surface area contributed by atoms with Crippen molar-refractivity contribution < 1.29 is 9.59 Å². The second kappa shape index (κ2) is 9.81. The number of amides is 2. The topological polar surface area (TPSA) is 91.6 Å². The summed E-state index contributed by atoms with van der Waals surface area (Å²) < 4.78 is 1.92. The van der Waals surface area contributed by atoms with Crippen molar-refractivity contribution in [3.05, 3.63) is 71.9 Å². The van der Waals surface area contributed by atoms with E-state index >= 15 is 0 Å². The van der Waals surface area contributed by atoms with E-state index in [0.29, 0.717) is 5.69 Å². The zero-order valence-electron chi connectivity index (χ0n) is 20.8. The van der Waals surface area contributed by atoms with Crippen LogP contribution in [-0.2, 0) is 9.59 Å². The molecule has 1 aliphatic rings. The van der Waals surface area contributed by atoms with E-state index in [-0.39, 0.29) is 17.7 Å². The lowest BCUT2D eigenvalue weighted by Crippen LogP contribution is -2.39. The largest absolute Gasteiger partial charge is 0.356 e. The van der Waals surface area contributed by atoms with Gasteiger partial charge in [-0.25, -0.2) is 4.98 Å². The average molecular weight is 483 g/mol. The zero-order chi connectivity index (χ0) is 25.2. The fourth-order valence-corrected chi connectivity index (χ4v) is 4.63. The highest BCUT2D eigenvalue weighted by molar-refractivity contribution is 5.93. The van der Waals surface area contributed by atoms with Gasteiger partial charge in [-0.2, -0.15) is 9.61 Å². The van der Waals surface area contributed by atoms with E-state index in [2.05, 4.69) is 52.8 Å². The van der Waals surface area contributed by atoms with Gasteiger partial charge < -0.3 is 15.5 Å². The third kappa shape index (κ3) is 5.07. The molecule has 1 saturated heterocycles. The highest BCUT2D eigenvalue weighted by atomic mass is 16.2. The number of nitrogens with zero attached hydrogens (tertiary/aromatic N) is 4. The molecule has 0 radical (unpaired) electrons. The van der Waals surface area contributed by atoms with Crippen LogP contribution in [0.15, 0.2) is 60.7 Å².